The Morgan fingerprint density at radius 3 is 2.54 bits per heavy atom. The van der Waals surface area contributed by atoms with Crippen LogP contribution in [0, 0.1) is 11.8 Å². The van der Waals surface area contributed by atoms with Crippen LogP contribution in [0.4, 0.5) is 13.9 Å². The van der Waals surface area contributed by atoms with Gasteiger partial charge in [-0.1, -0.05) is 26.0 Å². The van der Waals surface area contributed by atoms with Gasteiger partial charge in [-0.2, -0.15) is 8.78 Å². The third-order valence-corrected chi connectivity index (χ3v) is 8.77. The molecule has 3 aliphatic heterocycles. The number of aromatic nitrogens is 1. The number of piperazine rings is 1. The molecular formula is C29H35F2N5O4S. The van der Waals surface area contributed by atoms with Gasteiger partial charge in [0.2, 0.25) is 5.91 Å². The number of nitrogens with one attached hydrogen (secondary N) is 1. The van der Waals surface area contributed by atoms with Gasteiger partial charge in [0.25, 0.3) is 12.0 Å². The number of hydrogen-bond acceptors (Lipinski definition) is 8. The molecule has 12 heteroatoms. The molecule has 2 aromatic rings. The fraction of sp³-hybridized carbons (Fsp3) is 0.517. The van der Waals surface area contributed by atoms with Crippen LogP contribution in [0.2, 0.25) is 0 Å². The van der Waals surface area contributed by atoms with E-state index >= 15 is 0 Å². The quantitative estimate of drug-likeness (QED) is 0.507. The van der Waals surface area contributed by atoms with Crippen LogP contribution < -0.4 is 10.2 Å². The molecule has 1 aromatic carbocycles. The van der Waals surface area contributed by atoms with Crippen molar-refractivity contribution in [3.05, 3.63) is 47.4 Å². The predicted octanol–water partition coefficient (Wildman–Crippen LogP) is 3.28. The number of likely N-dealkylation sites (N-methyl/N-ethyl adjacent to an activating group) is 1. The van der Waals surface area contributed by atoms with E-state index in [1.165, 1.54) is 4.90 Å². The second-order valence-corrected chi connectivity index (χ2v) is 12.2. The molecule has 5 rings (SSSR count). The van der Waals surface area contributed by atoms with Gasteiger partial charge in [-0.05, 0) is 37.6 Å². The molecule has 0 radical (unpaired) electrons. The molecule has 4 unspecified atom stereocenters. The minimum absolute atomic E-state index is 0.0544. The second-order valence-electron chi connectivity index (χ2n) is 11.3. The molecule has 41 heavy (non-hydrogen) atoms. The van der Waals surface area contributed by atoms with E-state index in [0.29, 0.717) is 12.0 Å². The molecule has 0 bridgehead atoms. The Morgan fingerprint density at radius 1 is 1.17 bits per heavy atom. The molecule has 1 N–H and O–H groups in total. The van der Waals surface area contributed by atoms with E-state index in [0.717, 1.165) is 48.6 Å². The van der Waals surface area contributed by atoms with E-state index in [1.807, 2.05) is 31.4 Å². The Morgan fingerprint density at radius 2 is 1.88 bits per heavy atom. The number of ketones is 1. The van der Waals surface area contributed by atoms with Crippen LogP contribution in [0.1, 0.15) is 30.6 Å². The van der Waals surface area contributed by atoms with Gasteiger partial charge >= 0.3 is 0 Å². The number of carbonyl (C=O) groups is 3. The molecule has 3 aliphatic rings. The second kappa shape index (κ2) is 12.3. The van der Waals surface area contributed by atoms with Gasteiger partial charge < -0.3 is 24.8 Å². The zero-order valence-electron chi connectivity index (χ0n) is 23.4. The summed E-state index contributed by atoms with van der Waals surface area (Å²) < 4.78 is 31.6. The number of likely N-dealkylation sites (tertiary alicyclic amines) is 1. The Kier molecular flexibility index (Phi) is 8.81. The summed E-state index contributed by atoms with van der Waals surface area (Å²) in [6.07, 6.45) is -1.61. The van der Waals surface area contributed by atoms with Crippen molar-refractivity contribution in [3.8, 4) is 11.3 Å². The Balaban J connectivity index is 1.27. The van der Waals surface area contributed by atoms with Crippen molar-refractivity contribution in [2.24, 2.45) is 11.8 Å². The number of anilines is 1. The molecule has 9 nitrogen and oxygen atoms in total. The summed E-state index contributed by atoms with van der Waals surface area (Å²) in [5.41, 5.74) is 2.10. The van der Waals surface area contributed by atoms with E-state index in [4.69, 9.17) is 9.72 Å². The number of rotatable bonds is 8. The van der Waals surface area contributed by atoms with Crippen LogP contribution in [-0.4, -0.2) is 96.9 Å². The number of nitrogens with zero attached hydrogens (tertiary/aromatic N) is 4. The Hall–Kier alpha value is -3.22. The monoisotopic (exact) mass is 587 g/mol. The molecule has 3 fully saturated rings. The molecular weight excluding hydrogens is 552 g/mol. The highest BCUT2D eigenvalue weighted by molar-refractivity contribution is 7.14. The van der Waals surface area contributed by atoms with Crippen LogP contribution in [-0.2, 0) is 14.3 Å². The van der Waals surface area contributed by atoms with Crippen molar-refractivity contribution in [2.75, 3.05) is 51.3 Å². The zero-order chi connectivity index (χ0) is 29.3. The first-order chi connectivity index (χ1) is 19.6. The van der Waals surface area contributed by atoms with Crippen LogP contribution in [0.3, 0.4) is 0 Å². The van der Waals surface area contributed by atoms with Gasteiger partial charge in [0.15, 0.2) is 10.9 Å². The third kappa shape index (κ3) is 6.49. The van der Waals surface area contributed by atoms with Crippen LogP contribution in [0.15, 0.2) is 41.8 Å². The lowest BCUT2D eigenvalue weighted by Crippen LogP contribution is -2.52. The van der Waals surface area contributed by atoms with E-state index in [-0.39, 0.29) is 24.9 Å². The maximum Gasteiger partial charge on any atom is 0.266 e. The highest BCUT2D eigenvalue weighted by Crippen LogP contribution is 2.34. The van der Waals surface area contributed by atoms with E-state index in [1.54, 1.807) is 23.5 Å². The molecule has 0 aliphatic carbocycles. The van der Waals surface area contributed by atoms with Gasteiger partial charge in [-0.3, -0.25) is 14.4 Å². The van der Waals surface area contributed by atoms with Crippen molar-refractivity contribution in [2.45, 2.75) is 38.5 Å². The van der Waals surface area contributed by atoms with E-state index < -0.39 is 42.0 Å². The number of Topliss-reactive ketones (excluding diaryl/α,β-unsaturated/α-hetero) is 1. The fourth-order valence-electron chi connectivity index (χ4n) is 5.69. The number of benzene rings is 1. The minimum atomic E-state index is -1.88. The molecule has 0 saturated carbocycles. The summed E-state index contributed by atoms with van der Waals surface area (Å²) in [6, 6.07) is 5.21. The van der Waals surface area contributed by atoms with Gasteiger partial charge in [0.05, 0.1) is 11.8 Å². The van der Waals surface area contributed by atoms with Gasteiger partial charge in [-0.25, -0.2) is 4.98 Å². The molecule has 2 amide bonds. The van der Waals surface area contributed by atoms with Crippen molar-refractivity contribution in [3.63, 3.8) is 0 Å². The van der Waals surface area contributed by atoms with E-state index in [2.05, 4.69) is 22.2 Å². The van der Waals surface area contributed by atoms with E-state index in [9.17, 15) is 23.2 Å². The predicted molar refractivity (Wildman–Crippen MR) is 152 cm³/mol. The molecule has 4 atom stereocenters. The number of carbonyl (C=O) groups excluding carboxylic acids is 3. The molecule has 4 heterocycles. The molecule has 0 spiro atoms. The van der Waals surface area contributed by atoms with Gasteiger partial charge in [0, 0.05) is 55.1 Å². The Bertz CT molecular complexity index is 1300. The van der Waals surface area contributed by atoms with Crippen molar-refractivity contribution in [1.82, 2.24) is 20.1 Å². The van der Waals surface area contributed by atoms with Crippen LogP contribution in [0.5, 0.6) is 0 Å². The summed E-state index contributed by atoms with van der Waals surface area (Å²) in [6.45, 7) is 7.41. The van der Waals surface area contributed by atoms with Crippen molar-refractivity contribution >= 4 is 34.1 Å². The molecule has 220 valence electrons. The van der Waals surface area contributed by atoms with Gasteiger partial charge in [-0.15, -0.1) is 11.3 Å². The van der Waals surface area contributed by atoms with Crippen molar-refractivity contribution in [1.29, 1.82) is 0 Å². The fourth-order valence-corrected chi connectivity index (χ4v) is 6.58. The summed E-state index contributed by atoms with van der Waals surface area (Å²) in [5.74, 6) is -1.94. The highest BCUT2D eigenvalue weighted by Gasteiger charge is 2.52. The maximum atomic E-state index is 13.6. The summed E-state index contributed by atoms with van der Waals surface area (Å²) >= 11 is 1.60. The maximum absolute atomic E-state index is 13.6. The number of amides is 2. The van der Waals surface area contributed by atoms with Crippen LogP contribution >= 0.6 is 11.3 Å². The first-order valence-electron chi connectivity index (χ1n) is 13.9. The Labute approximate surface area is 242 Å². The average Bonchev–Trinajstić information content (AvgIpc) is 3.66. The summed E-state index contributed by atoms with van der Waals surface area (Å²) in [7, 11) is 2.11. The lowest BCUT2D eigenvalue weighted by Gasteiger charge is -2.32. The van der Waals surface area contributed by atoms with Crippen molar-refractivity contribution < 1.29 is 27.9 Å². The smallest absolute Gasteiger partial charge is 0.266 e. The third-order valence-electron chi connectivity index (χ3n) is 7.87. The number of thiazole rings is 1. The summed E-state index contributed by atoms with van der Waals surface area (Å²) in [4.78, 5) is 50.1. The topological polar surface area (TPSA) is 95.1 Å². The number of hydrogen-bond donors (Lipinski definition) is 1. The minimum Gasteiger partial charge on any atom is -0.367 e. The number of ether oxygens (including phenoxy) is 1. The standard InChI is InChI=1S/C29H35F2N5O4S/c1-17(2)12-21(28(39)36-14-20(13-24(30)31)26-25(36)23(37)15-40-26)32-27(38)19-6-4-18(5-7-19)22-16-41-29(33-22)35-10-8-34(3)9-11-35/h4-7,13,16-17,20-21,25-26H,8-12,14-15H2,1-3H3,(H,32,38). The SMILES string of the molecule is CC(C)CC(NC(=O)c1ccc(-c2csc(N3CCN(C)CC3)n2)cc1)C(=O)N1CC(C=C(F)F)C2OCC(=O)C21. The molecule has 1 aromatic heterocycles. The first kappa shape index (κ1) is 29.3. The average molecular weight is 588 g/mol. The van der Waals surface area contributed by atoms with Crippen LogP contribution in [0.25, 0.3) is 11.3 Å². The number of fused-ring (bicyclic) bond motifs is 1. The lowest BCUT2D eigenvalue weighted by molar-refractivity contribution is -0.138. The highest BCUT2D eigenvalue weighted by atomic mass is 32.1. The lowest BCUT2D eigenvalue weighted by atomic mass is 10.0. The summed E-state index contributed by atoms with van der Waals surface area (Å²) in [5, 5.41) is 5.82. The first-order valence-corrected chi connectivity index (χ1v) is 14.8. The largest absolute Gasteiger partial charge is 0.367 e. The normalized spacial score (nSPS) is 23.6. The van der Waals surface area contributed by atoms with Gasteiger partial charge in [0.1, 0.15) is 18.7 Å². The zero-order valence-corrected chi connectivity index (χ0v) is 24.2. The molecule has 3 saturated heterocycles. The number of halogens is 2.